The number of amidine groups is 1. The fourth-order valence-corrected chi connectivity index (χ4v) is 4.16. The summed E-state index contributed by atoms with van der Waals surface area (Å²) in [6.07, 6.45) is 0. The van der Waals surface area contributed by atoms with E-state index in [0.717, 1.165) is 33.5 Å². The lowest BCUT2D eigenvalue weighted by Crippen LogP contribution is -2.31. The molecular formula is C21H17N3O3S. The standard InChI is InChI=1S/C21H17N3O3S/c1-11-8-9-12(2)15(10-11)22-21-23-19(26)18(28-21)17-14-6-4-5-7-16(14)24(13(3)25)20(17)27/h4-10H,1-3H3,(H,22,23,26)/b18-17-. The minimum Gasteiger partial charge on any atom is -0.300 e. The molecule has 2 heterocycles. The van der Waals surface area contributed by atoms with E-state index in [1.165, 1.54) is 6.92 Å². The predicted octanol–water partition coefficient (Wildman–Crippen LogP) is 3.46. The number of benzene rings is 2. The summed E-state index contributed by atoms with van der Waals surface area (Å²) in [5, 5.41) is 3.14. The lowest BCUT2D eigenvalue weighted by atomic mass is 10.1. The van der Waals surface area contributed by atoms with Gasteiger partial charge in [-0.1, -0.05) is 30.3 Å². The van der Waals surface area contributed by atoms with Crippen LogP contribution < -0.4 is 10.2 Å². The third-order valence-electron chi connectivity index (χ3n) is 4.59. The molecule has 4 rings (SSSR count). The molecule has 1 N–H and O–H groups in total. The highest BCUT2D eigenvalue weighted by molar-refractivity contribution is 8.18. The Balaban J connectivity index is 1.79. The van der Waals surface area contributed by atoms with Gasteiger partial charge in [0.25, 0.3) is 11.8 Å². The molecule has 0 atom stereocenters. The predicted molar refractivity (Wildman–Crippen MR) is 110 cm³/mol. The molecule has 28 heavy (non-hydrogen) atoms. The van der Waals surface area contributed by atoms with Gasteiger partial charge in [0, 0.05) is 12.5 Å². The summed E-state index contributed by atoms with van der Waals surface area (Å²) in [6.45, 7) is 5.25. The number of imide groups is 1. The van der Waals surface area contributed by atoms with Crippen molar-refractivity contribution in [3.63, 3.8) is 0 Å². The van der Waals surface area contributed by atoms with Crippen molar-refractivity contribution in [3.05, 3.63) is 64.1 Å². The summed E-state index contributed by atoms with van der Waals surface area (Å²) in [7, 11) is 0. The van der Waals surface area contributed by atoms with E-state index in [0.29, 0.717) is 16.4 Å². The van der Waals surface area contributed by atoms with Crippen LogP contribution in [0, 0.1) is 13.8 Å². The first kappa shape index (κ1) is 18.2. The molecule has 2 aliphatic heterocycles. The molecule has 1 fully saturated rings. The van der Waals surface area contributed by atoms with Gasteiger partial charge in [-0.2, -0.15) is 0 Å². The highest BCUT2D eigenvalue weighted by Gasteiger charge is 2.40. The van der Waals surface area contributed by atoms with Gasteiger partial charge in [0.2, 0.25) is 5.91 Å². The number of hydrogen-bond donors (Lipinski definition) is 1. The maximum atomic E-state index is 12.9. The number of nitrogens with one attached hydrogen (secondary N) is 1. The molecular weight excluding hydrogens is 374 g/mol. The molecule has 0 saturated carbocycles. The van der Waals surface area contributed by atoms with Crippen LogP contribution in [0.3, 0.4) is 0 Å². The minimum absolute atomic E-state index is 0.236. The Morgan fingerprint density at radius 3 is 2.61 bits per heavy atom. The summed E-state index contributed by atoms with van der Waals surface area (Å²) < 4.78 is 0. The van der Waals surface area contributed by atoms with E-state index in [2.05, 4.69) is 10.3 Å². The van der Waals surface area contributed by atoms with Gasteiger partial charge in [-0.3, -0.25) is 14.4 Å². The second kappa shape index (κ2) is 6.76. The first-order chi connectivity index (χ1) is 13.4. The second-order valence-electron chi connectivity index (χ2n) is 6.64. The molecule has 6 nitrogen and oxygen atoms in total. The summed E-state index contributed by atoms with van der Waals surface area (Å²) in [4.78, 5) is 43.4. The third kappa shape index (κ3) is 2.93. The van der Waals surface area contributed by atoms with Crippen LogP contribution >= 0.6 is 11.8 Å². The van der Waals surface area contributed by atoms with Crippen molar-refractivity contribution >= 4 is 51.6 Å². The fourth-order valence-electron chi connectivity index (χ4n) is 3.24. The molecule has 1 saturated heterocycles. The monoisotopic (exact) mass is 391 g/mol. The Labute approximate surface area is 166 Å². The zero-order chi connectivity index (χ0) is 20.0. The highest BCUT2D eigenvalue weighted by atomic mass is 32.2. The average molecular weight is 391 g/mol. The van der Waals surface area contributed by atoms with Crippen LogP contribution in [-0.4, -0.2) is 22.9 Å². The number of nitrogens with zero attached hydrogens (tertiary/aromatic N) is 2. The molecule has 2 aromatic carbocycles. The van der Waals surface area contributed by atoms with E-state index >= 15 is 0 Å². The van der Waals surface area contributed by atoms with Gasteiger partial charge < -0.3 is 5.32 Å². The van der Waals surface area contributed by atoms with Gasteiger partial charge in [0.15, 0.2) is 5.17 Å². The molecule has 0 radical (unpaired) electrons. The molecule has 2 aromatic rings. The normalized spacial score (nSPS) is 20.0. The van der Waals surface area contributed by atoms with Crippen LogP contribution in [0.15, 0.2) is 52.4 Å². The molecule has 140 valence electrons. The highest BCUT2D eigenvalue weighted by Crippen LogP contribution is 2.42. The van der Waals surface area contributed by atoms with Gasteiger partial charge in [-0.15, -0.1) is 0 Å². The Morgan fingerprint density at radius 1 is 1.11 bits per heavy atom. The Bertz CT molecular complexity index is 1120. The Hall–Kier alpha value is -3.19. The van der Waals surface area contributed by atoms with Crippen molar-refractivity contribution in [3.8, 4) is 0 Å². The quantitative estimate of drug-likeness (QED) is 0.755. The number of anilines is 1. The number of hydrogen-bond acceptors (Lipinski definition) is 5. The molecule has 0 spiro atoms. The van der Waals surface area contributed by atoms with Crippen molar-refractivity contribution in [2.45, 2.75) is 20.8 Å². The van der Waals surface area contributed by atoms with Gasteiger partial charge in [0.05, 0.1) is 21.9 Å². The molecule has 0 aliphatic carbocycles. The lowest BCUT2D eigenvalue weighted by Gasteiger charge is -2.11. The van der Waals surface area contributed by atoms with Crippen LogP contribution in [0.25, 0.3) is 5.57 Å². The molecule has 3 amide bonds. The summed E-state index contributed by atoms with van der Waals surface area (Å²) >= 11 is 1.12. The Morgan fingerprint density at radius 2 is 1.86 bits per heavy atom. The number of carbonyl (C=O) groups is 3. The van der Waals surface area contributed by atoms with Crippen LogP contribution in [0.5, 0.6) is 0 Å². The van der Waals surface area contributed by atoms with Crippen LogP contribution in [-0.2, 0) is 14.4 Å². The first-order valence-corrected chi connectivity index (χ1v) is 9.52. The number of para-hydroxylation sites is 1. The minimum atomic E-state index is -0.487. The molecule has 0 bridgehead atoms. The van der Waals surface area contributed by atoms with Crippen molar-refractivity contribution in [1.82, 2.24) is 5.32 Å². The van der Waals surface area contributed by atoms with E-state index in [-0.39, 0.29) is 16.4 Å². The summed E-state index contributed by atoms with van der Waals surface area (Å²) in [6, 6.07) is 12.9. The Kier molecular flexibility index (Phi) is 4.39. The average Bonchev–Trinajstić information content (AvgIpc) is 3.14. The number of aryl methyl sites for hydroxylation is 2. The SMILES string of the molecule is CC(=O)N1C(=O)/C(=C2\SC(=Nc3cc(C)ccc3C)NC2=O)c2ccccc21. The second-order valence-corrected chi connectivity index (χ2v) is 7.64. The summed E-state index contributed by atoms with van der Waals surface area (Å²) in [5.74, 6) is -1.27. The zero-order valence-electron chi connectivity index (χ0n) is 15.6. The van der Waals surface area contributed by atoms with Crippen molar-refractivity contribution in [1.29, 1.82) is 0 Å². The number of thioether (sulfide) groups is 1. The lowest BCUT2D eigenvalue weighted by molar-refractivity contribution is -0.122. The van der Waals surface area contributed by atoms with Crippen LogP contribution in [0.4, 0.5) is 11.4 Å². The van der Waals surface area contributed by atoms with Crippen molar-refractivity contribution < 1.29 is 14.4 Å². The van der Waals surface area contributed by atoms with E-state index < -0.39 is 11.8 Å². The molecule has 0 aromatic heterocycles. The fraction of sp³-hybridized carbons (Fsp3) is 0.143. The van der Waals surface area contributed by atoms with Gasteiger partial charge in [-0.05, 0) is 48.9 Å². The van der Waals surface area contributed by atoms with E-state index in [9.17, 15) is 14.4 Å². The van der Waals surface area contributed by atoms with Crippen molar-refractivity contribution in [2.24, 2.45) is 4.99 Å². The zero-order valence-corrected chi connectivity index (χ0v) is 16.4. The topological polar surface area (TPSA) is 78.8 Å². The number of carbonyl (C=O) groups excluding carboxylic acids is 3. The smallest absolute Gasteiger partial charge is 0.267 e. The van der Waals surface area contributed by atoms with Crippen molar-refractivity contribution in [2.75, 3.05) is 4.90 Å². The number of aliphatic imine (C=N–C) groups is 1. The van der Waals surface area contributed by atoms with Crippen LogP contribution in [0.2, 0.25) is 0 Å². The van der Waals surface area contributed by atoms with Gasteiger partial charge in [0.1, 0.15) is 0 Å². The maximum Gasteiger partial charge on any atom is 0.267 e. The molecule has 2 aliphatic rings. The van der Waals surface area contributed by atoms with Gasteiger partial charge in [-0.25, -0.2) is 9.89 Å². The van der Waals surface area contributed by atoms with Gasteiger partial charge >= 0.3 is 0 Å². The van der Waals surface area contributed by atoms with E-state index in [1.54, 1.807) is 24.3 Å². The number of amides is 3. The van der Waals surface area contributed by atoms with E-state index in [4.69, 9.17) is 0 Å². The van der Waals surface area contributed by atoms with E-state index in [1.807, 2.05) is 32.0 Å². The largest absolute Gasteiger partial charge is 0.300 e. The number of rotatable bonds is 1. The summed E-state index contributed by atoms with van der Waals surface area (Å²) in [5.41, 5.74) is 4.12. The van der Waals surface area contributed by atoms with Crippen LogP contribution in [0.1, 0.15) is 23.6 Å². The molecule has 0 unspecified atom stereocenters. The maximum absolute atomic E-state index is 12.9. The third-order valence-corrected chi connectivity index (χ3v) is 5.57. The number of fused-ring (bicyclic) bond motifs is 1. The first-order valence-electron chi connectivity index (χ1n) is 8.70. The molecule has 7 heteroatoms.